The predicted molar refractivity (Wildman–Crippen MR) is 127 cm³/mol. The maximum atomic E-state index is 13.2. The largest absolute Gasteiger partial charge is 0.495 e. The third-order valence-corrected chi connectivity index (χ3v) is 6.97. The van der Waals surface area contributed by atoms with Crippen LogP contribution >= 0.6 is 23.2 Å². The lowest BCUT2D eigenvalue weighted by Crippen LogP contribution is -2.45. The van der Waals surface area contributed by atoms with E-state index in [2.05, 4.69) is 10.0 Å². The van der Waals surface area contributed by atoms with Gasteiger partial charge in [-0.1, -0.05) is 59.6 Å². The van der Waals surface area contributed by atoms with E-state index in [0.717, 1.165) is 5.56 Å². The number of methoxy groups -OCH3 is 1. The minimum Gasteiger partial charge on any atom is -0.495 e. The van der Waals surface area contributed by atoms with E-state index in [1.165, 1.54) is 25.3 Å². The number of amides is 1. The van der Waals surface area contributed by atoms with E-state index in [1.807, 2.05) is 30.3 Å². The minimum atomic E-state index is -4.15. The van der Waals surface area contributed by atoms with E-state index < -0.39 is 22.0 Å². The second-order valence-corrected chi connectivity index (χ2v) is 9.59. The summed E-state index contributed by atoms with van der Waals surface area (Å²) in [6.07, 6.45) is 0.133. The number of carbonyl (C=O) groups is 1. The van der Waals surface area contributed by atoms with Crippen molar-refractivity contribution < 1.29 is 17.9 Å². The average molecular weight is 493 g/mol. The molecule has 0 unspecified atom stereocenters. The molecule has 32 heavy (non-hydrogen) atoms. The molecule has 3 aromatic rings. The molecule has 2 N–H and O–H groups in total. The number of benzene rings is 3. The Morgan fingerprint density at radius 1 is 1.03 bits per heavy atom. The zero-order valence-electron chi connectivity index (χ0n) is 17.4. The molecule has 0 aliphatic rings. The van der Waals surface area contributed by atoms with Crippen LogP contribution in [0.1, 0.15) is 11.1 Å². The van der Waals surface area contributed by atoms with E-state index in [-0.39, 0.29) is 22.1 Å². The highest BCUT2D eigenvalue weighted by atomic mass is 35.5. The second-order valence-electron chi connectivity index (χ2n) is 7.06. The fraction of sp³-hybridized carbons (Fsp3) is 0.174. The van der Waals surface area contributed by atoms with Crippen LogP contribution in [0.2, 0.25) is 10.0 Å². The van der Waals surface area contributed by atoms with Crippen LogP contribution in [0.4, 0.5) is 5.69 Å². The van der Waals surface area contributed by atoms with E-state index in [4.69, 9.17) is 27.9 Å². The van der Waals surface area contributed by atoms with Gasteiger partial charge >= 0.3 is 0 Å². The first kappa shape index (κ1) is 24.1. The molecule has 0 fully saturated rings. The molecule has 6 nitrogen and oxygen atoms in total. The van der Waals surface area contributed by atoms with Crippen LogP contribution in [-0.2, 0) is 21.2 Å². The van der Waals surface area contributed by atoms with Crippen LogP contribution < -0.4 is 14.8 Å². The molecule has 0 heterocycles. The number of hydrogen-bond donors (Lipinski definition) is 2. The Morgan fingerprint density at radius 2 is 1.75 bits per heavy atom. The summed E-state index contributed by atoms with van der Waals surface area (Å²) in [5.74, 6) is -0.407. The second kappa shape index (κ2) is 10.4. The van der Waals surface area contributed by atoms with Gasteiger partial charge in [0.05, 0.1) is 7.11 Å². The van der Waals surface area contributed by atoms with Gasteiger partial charge in [0.2, 0.25) is 15.9 Å². The van der Waals surface area contributed by atoms with Crippen molar-refractivity contribution in [2.45, 2.75) is 24.3 Å². The summed E-state index contributed by atoms with van der Waals surface area (Å²) in [4.78, 5) is 13.0. The fourth-order valence-corrected chi connectivity index (χ4v) is 4.91. The first-order valence-corrected chi connectivity index (χ1v) is 11.9. The van der Waals surface area contributed by atoms with Crippen molar-refractivity contribution in [3.63, 3.8) is 0 Å². The van der Waals surface area contributed by atoms with Crippen molar-refractivity contribution in [1.29, 1.82) is 0 Å². The molecule has 0 saturated heterocycles. The molecule has 0 bridgehead atoms. The van der Waals surface area contributed by atoms with Gasteiger partial charge in [0.1, 0.15) is 16.7 Å². The summed E-state index contributed by atoms with van der Waals surface area (Å²) in [6, 6.07) is 17.4. The number of rotatable bonds is 8. The number of anilines is 1. The molecule has 3 rings (SSSR count). The van der Waals surface area contributed by atoms with Crippen molar-refractivity contribution in [2.75, 3.05) is 12.4 Å². The summed E-state index contributed by atoms with van der Waals surface area (Å²) < 4.78 is 34.1. The number of sulfonamides is 1. The standard InChI is InChI=1S/C23H22Cl2N2O4S/c1-15-18(25)9-6-10-19(15)26-23(28)20(13-16-7-4-3-5-8-16)27-32(29,30)22-14-17(24)11-12-21(22)31-2/h3-12,14,20,27H,13H2,1-2H3,(H,26,28)/t20-/m1/s1. The summed E-state index contributed by atoms with van der Waals surface area (Å²) in [5.41, 5.74) is 1.97. The van der Waals surface area contributed by atoms with Crippen LogP contribution in [-0.4, -0.2) is 27.5 Å². The number of nitrogens with one attached hydrogen (secondary N) is 2. The van der Waals surface area contributed by atoms with Crippen LogP contribution in [0.5, 0.6) is 5.75 Å². The molecule has 1 amide bonds. The van der Waals surface area contributed by atoms with Crippen LogP contribution in [0.15, 0.2) is 71.6 Å². The first-order valence-electron chi connectivity index (χ1n) is 9.67. The molecule has 0 spiro atoms. The topological polar surface area (TPSA) is 84.5 Å². The normalized spacial score (nSPS) is 12.2. The van der Waals surface area contributed by atoms with Crippen molar-refractivity contribution >= 4 is 44.8 Å². The Kier molecular flexibility index (Phi) is 7.79. The minimum absolute atomic E-state index is 0.117. The lowest BCUT2D eigenvalue weighted by atomic mass is 10.1. The Hall–Kier alpha value is -2.58. The van der Waals surface area contributed by atoms with Crippen LogP contribution in [0.25, 0.3) is 0 Å². The van der Waals surface area contributed by atoms with Gasteiger partial charge in [-0.3, -0.25) is 4.79 Å². The number of ether oxygens (including phenoxy) is 1. The van der Waals surface area contributed by atoms with E-state index in [0.29, 0.717) is 16.3 Å². The monoisotopic (exact) mass is 492 g/mol. The van der Waals surface area contributed by atoms with Crippen LogP contribution in [0, 0.1) is 6.92 Å². The quantitative estimate of drug-likeness (QED) is 0.471. The molecule has 0 aromatic heterocycles. The third-order valence-electron chi connectivity index (χ3n) is 4.84. The van der Waals surface area contributed by atoms with Crippen molar-refractivity contribution in [3.05, 3.63) is 87.9 Å². The summed E-state index contributed by atoms with van der Waals surface area (Å²) >= 11 is 12.2. The van der Waals surface area contributed by atoms with Crippen LogP contribution in [0.3, 0.4) is 0 Å². The summed E-state index contributed by atoms with van der Waals surface area (Å²) in [5, 5.41) is 3.50. The van der Waals surface area contributed by atoms with Crippen molar-refractivity contribution in [3.8, 4) is 5.75 Å². The van der Waals surface area contributed by atoms with Gasteiger partial charge in [-0.15, -0.1) is 0 Å². The molecular weight excluding hydrogens is 471 g/mol. The maximum absolute atomic E-state index is 13.2. The molecule has 168 valence electrons. The van der Waals surface area contributed by atoms with Crippen molar-refractivity contribution in [1.82, 2.24) is 4.72 Å². The fourth-order valence-electron chi connectivity index (χ4n) is 3.11. The number of carbonyl (C=O) groups excluding carboxylic acids is 1. The number of halogens is 2. The summed E-state index contributed by atoms with van der Waals surface area (Å²) in [6.45, 7) is 1.77. The molecule has 1 atom stereocenters. The Balaban J connectivity index is 1.95. The Morgan fingerprint density at radius 3 is 2.44 bits per heavy atom. The molecule has 3 aromatic carbocycles. The van der Waals surface area contributed by atoms with Gasteiger partial charge in [0.15, 0.2) is 0 Å². The van der Waals surface area contributed by atoms with Gasteiger partial charge in [0.25, 0.3) is 0 Å². The van der Waals surface area contributed by atoms with E-state index >= 15 is 0 Å². The van der Waals surface area contributed by atoms with Crippen molar-refractivity contribution in [2.24, 2.45) is 0 Å². The lowest BCUT2D eigenvalue weighted by molar-refractivity contribution is -0.117. The average Bonchev–Trinajstić information content (AvgIpc) is 2.77. The lowest BCUT2D eigenvalue weighted by Gasteiger charge is -2.20. The van der Waals surface area contributed by atoms with Gasteiger partial charge in [0, 0.05) is 15.7 Å². The molecule has 0 aliphatic heterocycles. The molecule has 0 saturated carbocycles. The Bertz CT molecular complexity index is 1220. The van der Waals surface area contributed by atoms with E-state index in [9.17, 15) is 13.2 Å². The maximum Gasteiger partial charge on any atom is 0.245 e. The zero-order valence-corrected chi connectivity index (χ0v) is 19.8. The smallest absolute Gasteiger partial charge is 0.245 e. The molecule has 9 heteroatoms. The van der Waals surface area contributed by atoms with Gasteiger partial charge in [-0.05, 0) is 54.8 Å². The Labute approximate surface area is 197 Å². The van der Waals surface area contributed by atoms with Gasteiger partial charge < -0.3 is 10.1 Å². The van der Waals surface area contributed by atoms with Gasteiger partial charge in [-0.25, -0.2) is 8.42 Å². The molecular formula is C23H22Cl2N2O4S. The highest BCUT2D eigenvalue weighted by Crippen LogP contribution is 2.28. The zero-order chi connectivity index (χ0) is 23.3. The van der Waals surface area contributed by atoms with E-state index in [1.54, 1.807) is 25.1 Å². The third kappa shape index (κ3) is 5.81. The number of hydrogen-bond acceptors (Lipinski definition) is 4. The predicted octanol–water partition coefficient (Wildman–Crippen LogP) is 4.84. The SMILES string of the molecule is COc1ccc(Cl)cc1S(=O)(=O)N[C@H](Cc1ccccc1)C(=O)Nc1cccc(Cl)c1C. The first-order chi connectivity index (χ1) is 15.2. The van der Waals surface area contributed by atoms with Gasteiger partial charge in [-0.2, -0.15) is 4.72 Å². The highest BCUT2D eigenvalue weighted by Gasteiger charge is 2.29. The molecule has 0 aliphatic carbocycles. The molecule has 0 radical (unpaired) electrons. The highest BCUT2D eigenvalue weighted by molar-refractivity contribution is 7.89. The summed E-state index contributed by atoms with van der Waals surface area (Å²) in [7, 11) is -2.79.